The first-order chi connectivity index (χ1) is 8.42. The number of benzene rings is 1. The van der Waals surface area contributed by atoms with Crippen molar-refractivity contribution in [2.24, 2.45) is 0 Å². The van der Waals surface area contributed by atoms with Gasteiger partial charge in [0.15, 0.2) is 5.82 Å². The molecule has 2 N–H and O–H groups in total. The Labute approximate surface area is 100 Å². The minimum Gasteiger partial charge on any atom is -0.366 e. The van der Waals surface area contributed by atoms with Crippen LogP contribution in [0.25, 0.3) is 11.3 Å². The molecule has 1 saturated carbocycles. The first kappa shape index (κ1) is 9.28. The van der Waals surface area contributed by atoms with E-state index in [1.54, 1.807) is 0 Å². The van der Waals surface area contributed by atoms with Crippen molar-refractivity contribution in [1.29, 1.82) is 0 Å². The number of aromatic nitrogens is 2. The fourth-order valence-electron chi connectivity index (χ4n) is 2.61. The van der Waals surface area contributed by atoms with Gasteiger partial charge in [0, 0.05) is 17.2 Å². The number of hydrogen-bond acceptors (Lipinski definition) is 2. The molecule has 0 atom stereocenters. The van der Waals surface area contributed by atoms with E-state index in [0.29, 0.717) is 6.04 Å². The number of aromatic amines is 1. The molecule has 4 rings (SSSR count). The van der Waals surface area contributed by atoms with Gasteiger partial charge in [-0.05, 0) is 31.2 Å². The number of H-pyrrole nitrogens is 1. The van der Waals surface area contributed by atoms with Crippen molar-refractivity contribution in [3.8, 4) is 11.3 Å². The van der Waals surface area contributed by atoms with Gasteiger partial charge in [0.2, 0.25) is 0 Å². The summed E-state index contributed by atoms with van der Waals surface area (Å²) in [6, 6.07) is 9.28. The predicted molar refractivity (Wildman–Crippen MR) is 68.1 cm³/mol. The van der Waals surface area contributed by atoms with E-state index >= 15 is 0 Å². The Bertz CT molecular complexity index is 567. The number of aryl methyl sites for hydroxylation is 1. The molecule has 0 radical (unpaired) electrons. The number of nitrogens with zero attached hydrogens (tertiary/aromatic N) is 1. The van der Waals surface area contributed by atoms with Crippen LogP contribution in [0.5, 0.6) is 0 Å². The minimum atomic E-state index is 0.666. The van der Waals surface area contributed by atoms with Crippen molar-refractivity contribution >= 4 is 5.82 Å². The molecule has 0 amide bonds. The van der Waals surface area contributed by atoms with Gasteiger partial charge in [-0.25, -0.2) is 0 Å². The Kier molecular flexibility index (Phi) is 1.83. The van der Waals surface area contributed by atoms with Gasteiger partial charge in [0.1, 0.15) is 0 Å². The van der Waals surface area contributed by atoms with Crippen molar-refractivity contribution in [1.82, 2.24) is 10.2 Å². The highest BCUT2D eigenvalue weighted by Gasteiger charge is 2.26. The molecule has 0 bridgehead atoms. The van der Waals surface area contributed by atoms with Gasteiger partial charge in [-0.2, -0.15) is 5.10 Å². The van der Waals surface area contributed by atoms with E-state index in [1.807, 2.05) is 0 Å². The molecule has 2 aromatic rings. The highest BCUT2D eigenvalue weighted by atomic mass is 15.2. The first-order valence-corrected chi connectivity index (χ1v) is 6.34. The number of anilines is 1. The molecule has 1 heterocycles. The SMILES string of the molecule is c1ccc2c(c1)CCc1c(NC3CC3)n[nH]c1-2. The van der Waals surface area contributed by atoms with E-state index in [4.69, 9.17) is 0 Å². The topological polar surface area (TPSA) is 40.7 Å². The molecule has 0 saturated heterocycles. The van der Waals surface area contributed by atoms with Crippen molar-refractivity contribution in [2.75, 3.05) is 5.32 Å². The predicted octanol–water partition coefficient (Wildman–Crippen LogP) is 2.75. The molecular weight excluding hydrogens is 210 g/mol. The Balaban J connectivity index is 1.80. The lowest BCUT2D eigenvalue weighted by Crippen LogP contribution is -2.07. The third-order valence-electron chi connectivity index (χ3n) is 3.72. The van der Waals surface area contributed by atoms with Crippen LogP contribution in [-0.4, -0.2) is 16.2 Å². The maximum atomic E-state index is 4.44. The lowest BCUT2D eigenvalue weighted by Gasteiger charge is -2.16. The largest absolute Gasteiger partial charge is 0.366 e. The fraction of sp³-hybridized carbons (Fsp3) is 0.357. The molecule has 1 fully saturated rings. The normalized spacial score (nSPS) is 17.4. The van der Waals surface area contributed by atoms with Gasteiger partial charge in [0.25, 0.3) is 0 Å². The zero-order valence-electron chi connectivity index (χ0n) is 9.66. The number of rotatable bonds is 2. The molecule has 3 nitrogen and oxygen atoms in total. The Morgan fingerprint density at radius 1 is 1.18 bits per heavy atom. The van der Waals surface area contributed by atoms with E-state index < -0.39 is 0 Å². The Morgan fingerprint density at radius 2 is 2.06 bits per heavy atom. The van der Waals surface area contributed by atoms with Gasteiger partial charge in [-0.15, -0.1) is 0 Å². The van der Waals surface area contributed by atoms with Crippen LogP contribution in [0.2, 0.25) is 0 Å². The van der Waals surface area contributed by atoms with Crippen LogP contribution in [0.4, 0.5) is 5.82 Å². The molecule has 0 unspecified atom stereocenters. The molecule has 17 heavy (non-hydrogen) atoms. The summed E-state index contributed by atoms with van der Waals surface area (Å²) in [5, 5.41) is 11.2. The lowest BCUT2D eigenvalue weighted by atomic mass is 9.90. The lowest BCUT2D eigenvalue weighted by molar-refractivity contribution is 0.939. The summed E-state index contributed by atoms with van der Waals surface area (Å²) in [6.45, 7) is 0. The summed E-state index contributed by atoms with van der Waals surface area (Å²) in [6.07, 6.45) is 4.80. The van der Waals surface area contributed by atoms with Gasteiger partial charge >= 0.3 is 0 Å². The quantitative estimate of drug-likeness (QED) is 0.825. The second-order valence-corrected chi connectivity index (χ2v) is 5.00. The van der Waals surface area contributed by atoms with Gasteiger partial charge in [-0.3, -0.25) is 5.10 Å². The van der Waals surface area contributed by atoms with Crippen LogP contribution < -0.4 is 5.32 Å². The molecule has 0 spiro atoms. The minimum absolute atomic E-state index is 0.666. The van der Waals surface area contributed by atoms with Crippen LogP contribution in [-0.2, 0) is 12.8 Å². The molecule has 2 aliphatic carbocycles. The zero-order valence-corrected chi connectivity index (χ0v) is 9.66. The van der Waals surface area contributed by atoms with Crippen LogP contribution in [0.15, 0.2) is 24.3 Å². The van der Waals surface area contributed by atoms with Crippen molar-refractivity contribution < 1.29 is 0 Å². The number of hydrogen-bond donors (Lipinski definition) is 2. The van der Waals surface area contributed by atoms with E-state index in [-0.39, 0.29) is 0 Å². The van der Waals surface area contributed by atoms with Crippen molar-refractivity contribution in [2.45, 2.75) is 31.7 Å². The molecule has 3 heteroatoms. The van der Waals surface area contributed by atoms with E-state index in [1.165, 1.54) is 35.2 Å². The maximum Gasteiger partial charge on any atom is 0.151 e. The molecule has 1 aromatic heterocycles. The van der Waals surface area contributed by atoms with E-state index in [9.17, 15) is 0 Å². The van der Waals surface area contributed by atoms with E-state index in [2.05, 4.69) is 39.8 Å². The van der Waals surface area contributed by atoms with Crippen LogP contribution in [0.1, 0.15) is 24.0 Å². The third kappa shape index (κ3) is 1.46. The van der Waals surface area contributed by atoms with Crippen molar-refractivity contribution in [3.05, 3.63) is 35.4 Å². The van der Waals surface area contributed by atoms with Crippen LogP contribution in [0.3, 0.4) is 0 Å². The molecule has 1 aromatic carbocycles. The third-order valence-corrected chi connectivity index (χ3v) is 3.72. The van der Waals surface area contributed by atoms with Gasteiger partial charge in [-0.1, -0.05) is 24.3 Å². The molecular formula is C14H15N3. The molecule has 0 aliphatic heterocycles. The summed E-state index contributed by atoms with van der Waals surface area (Å²) < 4.78 is 0. The summed E-state index contributed by atoms with van der Waals surface area (Å²) >= 11 is 0. The first-order valence-electron chi connectivity index (χ1n) is 6.34. The Hall–Kier alpha value is -1.77. The van der Waals surface area contributed by atoms with Crippen LogP contribution in [0, 0.1) is 0 Å². The average molecular weight is 225 g/mol. The number of nitrogens with one attached hydrogen (secondary N) is 2. The summed E-state index contributed by atoms with van der Waals surface area (Å²) in [4.78, 5) is 0. The smallest absolute Gasteiger partial charge is 0.151 e. The van der Waals surface area contributed by atoms with Gasteiger partial charge in [0.05, 0.1) is 5.69 Å². The fourth-order valence-corrected chi connectivity index (χ4v) is 2.61. The molecule has 86 valence electrons. The second kappa shape index (κ2) is 3.36. The van der Waals surface area contributed by atoms with E-state index in [0.717, 1.165) is 18.7 Å². The zero-order chi connectivity index (χ0) is 11.2. The maximum absolute atomic E-state index is 4.44. The summed E-state index contributed by atoms with van der Waals surface area (Å²) in [5.74, 6) is 1.08. The average Bonchev–Trinajstić information content (AvgIpc) is 3.09. The monoisotopic (exact) mass is 225 g/mol. The summed E-state index contributed by atoms with van der Waals surface area (Å²) in [7, 11) is 0. The second-order valence-electron chi connectivity index (χ2n) is 5.00. The molecule has 2 aliphatic rings. The summed E-state index contributed by atoms with van der Waals surface area (Å²) in [5.41, 5.74) is 5.34. The number of fused-ring (bicyclic) bond motifs is 3. The Morgan fingerprint density at radius 3 is 2.94 bits per heavy atom. The van der Waals surface area contributed by atoms with Gasteiger partial charge < -0.3 is 5.32 Å². The highest BCUT2D eigenvalue weighted by Crippen LogP contribution is 2.36. The van der Waals surface area contributed by atoms with Crippen LogP contribution >= 0.6 is 0 Å². The standard InChI is InChI=1S/C14H15N3/c1-2-4-11-9(3-1)5-8-12-13(11)16-17-14(12)15-10-6-7-10/h1-4,10H,5-8H2,(H2,15,16,17). The van der Waals surface area contributed by atoms with Crippen molar-refractivity contribution in [3.63, 3.8) is 0 Å². The highest BCUT2D eigenvalue weighted by molar-refractivity contribution is 5.74.